The van der Waals surface area contributed by atoms with Gasteiger partial charge in [-0.05, 0) is 6.92 Å². The van der Waals surface area contributed by atoms with E-state index in [1.165, 1.54) is 19.6 Å². The Morgan fingerprint density at radius 3 is 2.94 bits per heavy atom. The zero-order chi connectivity index (χ0) is 13.1. The molecule has 1 amide bonds. The number of imidazole rings is 1. The van der Waals surface area contributed by atoms with Gasteiger partial charge in [-0.1, -0.05) is 0 Å². The number of aliphatic hydroxyl groups excluding tert-OH is 1. The molecule has 18 heavy (non-hydrogen) atoms. The van der Waals surface area contributed by atoms with E-state index in [1.807, 2.05) is 0 Å². The largest absolute Gasteiger partial charge is 0.512 e. The summed E-state index contributed by atoms with van der Waals surface area (Å²) >= 11 is 0. The number of hydrogen-bond acceptors (Lipinski definition) is 6. The number of nitrogens with one attached hydrogen (secondary N) is 1. The fourth-order valence-corrected chi connectivity index (χ4v) is 1.31. The lowest BCUT2D eigenvalue weighted by Crippen LogP contribution is -2.16. The van der Waals surface area contributed by atoms with Crippen molar-refractivity contribution in [3.05, 3.63) is 24.0 Å². The molecular weight excluding hydrogens is 236 g/mol. The van der Waals surface area contributed by atoms with E-state index in [2.05, 4.69) is 24.9 Å². The molecule has 92 valence electrons. The zero-order valence-electron chi connectivity index (χ0n) is 9.45. The number of aromatic amines is 1. The van der Waals surface area contributed by atoms with Gasteiger partial charge >= 0.3 is 0 Å². The third-order valence-corrected chi connectivity index (χ3v) is 2.17. The number of carbonyl (C=O) groups is 1. The molecule has 0 atom stereocenters. The van der Waals surface area contributed by atoms with Gasteiger partial charge in [0.15, 0.2) is 11.5 Å². The van der Waals surface area contributed by atoms with Gasteiger partial charge in [0.2, 0.25) is 0 Å². The highest BCUT2D eigenvalue weighted by molar-refractivity contribution is 6.12. The topological polar surface area (TPSA) is 130 Å². The standard InChI is InChI=1S/C10H10N6O2/c1-5(17)6(8(11)18)2-12-9-7-10(14-3-13-7)16-4-15-9/h2-4,17H,1H3,(H2,11,18)(H,13,14,15,16)/b6-5+,12-2?. The number of aliphatic hydroxyl groups is 1. The number of amides is 1. The van der Waals surface area contributed by atoms with Crippen LogP contribution >= 0.6 is 0 Å². The van der Waals surface area contributed by atoms with Crippen molar-refractivity contribution in [3.63, 3.8) is 0 Å². The summed E-state index contributed by atoms with van der Waals surface area (Å²) in [5.41, 5.74) is 6.01. The lowest BCUT2D eigenvalue weighted by molar-refractivity contribution is -0.114. The van der Waals surface area contributed by atoms with E-state index in [0.717, 1.165) is 6.21 Å². The summed E-state index contributed by atoms with van der Waals surface area (Å²) in [5.74, 6) is -0.674. The van der Waals surface area contributed by atoms with Crippen LogP contribution in [-0.4, -0.2) is 37.2 Å². The van der Waals surface area contributed by atoms with Gasteiger partial charge in [-0.25, -0.2) is 19.9 Å². The number of carbonyl (C=O) groups excluding carboxylic acids is 1. The minimum Gasteiger partial charge on any atom is -0.512 e. The molecule has 8 heteroatoms. The Balaban J connectivity index is 2.42. The van der Waals surface area contributed by atoms with Crippen LogP contribution in [0.15, 0.2) is 29.0 Å². The summed E-state index contributed by atoms with van der Waals surface area (Å²) in [6.07, 6.45) is 3.91. The van der Waals surface area contributed by atoms with Crippen molar-refractivity contribution < 1.29 is 9.90 Å². The van der Waals surface area contributed by atoms with Crippen molar-refractivity contribution in [2.24, 2.45) is 10.7 Å². The summed E-state index contributed by atoms with van der Waals surface area (Å²) in [6.45, 7) is 1.35. The van der Waals surface area contributed by atoms with Gasteiger partial charge in [0, 0.05) is 6.21 Å². The minimum absolute atomic E-state index is 0.0822. The maximum atomic E-state index is 11.0. The van der Waals surface area contributed by atoms with Crippen LogP contribution in [0.1, 0.15) is 6.92 Å². The second-order valence-electron chi connectivity index (χ2n) is 3.42. The average Bonchev–Trinajstić information content (AvgIpc) is 2.77. The van der Waals surface area contributed by atoms with Crippen molar-refractivity contribution >= 4 is 29.1 Å². The second kappa shape index (κ2) is 4.62. The molecule has 2 aromatic rings. The summed E-state index contributed by atoms with van der Waals surface area (Å²) in [4.78, 5) is 29.6. The van der Waals surface area contributed by atoms with Gasteiger partial charge < -0.3 is 15.8 Å². The molecule has 2 rings (SSSR count). The second-order valence-corrected chi connectivity index (χ2v) is 3.42. The molecule has 0 saturated carbocycles. The van der Waals surface area contributed by atoms with Crippen molar-refractivity contribution in [3.8, 4) is 0 Å². The van der Waals surface area contributed by atoms with Crippen LogP contribution in [0, 0.1) is 0 Å². The van der Waals surface area contributed by atoms with E-state index in [4.69, 9.17) is 5.73 Å². The van der Waals surface area contributed by atoms with E-state index in [0.29, 0.717) is 17.0 Å². The van der Waals surface area contributed by atoms with Crippen molar-refractivity contribution in [1.29, 1.82) is 0 Å². The fraction of sp³-hybridized carbons (Fsp3) is 0.100. The van der Waals surface area contributed by atoms with Crippen molar-refractivity contribution in [2.45, 2.75) is 6.92 Å². The molecule has 2 heterocycles. The fourth-order valence-electron chi connectivity index (χ4n) is 1.31. The van der Waals surface area contributed by atoms with Crippen LogP contribution in [0.25, 0.3) is 11.2 Å². The van der Waals surface area contributed by atoms with Gasteiger partial charge in [-0.15, -0.1) is 0 Å². The molecule has 0 radical (unpaired) electrons. The molecule has 2 aromatic heterocycles. The quantitative estimate of drug-likeness (QED) is 0.409. The molecule has 0 fully saturated rings. The monoisotopic (exact) mass is 246 g/mol. The van der Waals surface area contributed by atoms with E-state index >= 15 is 0 Å². The number of primary amides is 1. The van der Waals surface area contributed by atoms with Gasteiger partial charge in [0.1, 0.15) is 17.6 Å². The highest BCUT2D eigenvalue weighted by atomic mass is 16.3. The maximum absolute atomic E-state index is 11.0. The molecule has 0 aliphatic rings. The van der Waals surface area contributed by atoms with E-state index in [-0.39, 0.29) is 11.3 Å². The summed E-state index contributed by atoms with van der Waals surface area (Å²) in [6, 6.07) is 0. The van der Waals surface area contributed by atoms with Crippen molar-refractivity contribution in [1.82, 2.24) is 19.9 Å². The minimum atomic E-state index is -0.770. The van der Waals surface area contributed by atoms with Crippen LogP contribution in [0.2, 0.25) is 0 Å². The molecule has 8 nitrogen and oxygen atoms in total. The number of H-pyrrole nitrogens is 1. The summed E-state index contributed by atoms with van der Waals surface area (Å²) < 4.78 is 0. The van der Waals surface area contributed by atoms with Crippen molar-refractivity contribution in [2.75, 3.05) is 0 Å². The number of nitrogens with two attached hydrogens (primary N) is 1. The normalized spacial score (nSPS) is 12.9. The zero-order valence-corrected chi connectivity index (χ0v) is 9.45. The number of nitrogens with zero attached hydrogens (tertiary/aromatic N) is 4. The summed E-state index contributed by atoms with van der Waals surface area (Å²) in [5, 5.41) is 9.27. The Kier molecular flexibility index (Phi) is 3.00. The highest BCUT2D eigenvalue weighted by Crippen LogP contribution is 2.17. The van der Waals surface area contributed by atoms with E-state index < -0.39 is 5.91 Å². The number of hydrogen-bond donors (Lipinski definition) is 3. The van der Waals surface area contributed by atoms with Gasteiger partial charge in [-0.3, -0.25) is 4.79 Å². The Labute approximate surface area is 101 Å². The Morgan fingerprint density at radius 1 is 1.50 bits per heavy atom. The number of rotatable bonds is 3. The predicted octanol–water partition coefficient (Wildman–Crippen LogP) is 0.372. The lowest BCUT2D eigenvalue weighted by Gasteiger charge is -1.97. The third kappa shape index (κ3) is 2.17. The lowest BCUT2D eigenvalue weighted by atomic mass is 10.2. The molecule has 0 aromatic carbocycles. The molecule has 0 spiro atoms. The molecule has 4 N–H and O–H groups in total. The van der Waals surface area contributed by atoms with Crippen LogP contribution in [0.3, 0.4) is 0 Å². The van der Waals surface area contributed by atoms with E-state index in [1.54, 1.807) is 0 Å². The van der Waals surface area contributed by atoms with Gasteiger partial charge in [0.05, 0.1) is 11.9 Å². The Morgan fingerprint density at radius 2 is 2.28 bits per heavy atom. The molecule has 0 bridgehead atoms. The first-order valence-corrected chi connectivity index (χ1v) is 4.97. The first-order chi connectivity index (χ1) is 8.59. The third-order valence-electron chi connectivity index (χ3n) is 2.17. The smallest absolute Gasteiger partial charge is 0.253 e. The SMILES string of the molecule is C/C(O)=C(/C=Nc1ncnc2nc[nH]c12)C(N)=O. The number of aliphatic imine (C=N–C) groups is 1. The summed E-state index contributed by atoms with van der Waals surface area (Å²) in [7, 11) is 0. The molecular formula is C10H10N6O2. The Hall–Kier alpha value is -2.77. The number of allylic oxidation sites excluding steroid dienone is 1. The maximum Gasteiger partial charge on any atom is 0.253 e. The first kappa shape index (κ1) is 11.7. The van der Waals surface area contributed by atoms with E-state index in [9.17, 15) is 9.90 Å². The molecule has 0 unspecified atom stereocenters. The predicted molar refractivity (Wildman–Crippen MR) is 64.4 cm³/mol. The van der Waals surface area contributed by atoms with Crippen LogP contribution in [-0.2, 0) is 4.79 Å². The molecule has 0 saturated heterocycles. The van der Waals surface area contributed by atoms with Crippen LogP contribution < -0.4 is 5.73 Å². The molecule has 0 aliphatic carbocycles. The average molecular weight is 246 g/mol. The van der Waals surface area contributed by atoms with Gasteiger partial charge in [0.25, 0.3) is 5.91 Å². The number of fused-ring (bicyclic) bond motifs is 1. The number of aromatic nitrogens is 4. The van der Waals surface area contributed by atoms with Gasteiger partial charge in [-0.2, -0.15) is 0 Å². The highest BCUT2D eigenvalue weighted by Gasteiger charge is 2.08. The first-order valence-electron chi connectivity index (χ1n) is 4.97. The van der Waals surface area contributed by atoms with Crippen LogP contribution in [0.4, 0.5) is 5.82 Å². The van der Waals surface area contributed by atoms with Crippen LogP contribution in [0.5, 0.6) is 0 Å². The Bertz CT molecular complexity index is 653. The molecule has 0 aliphatic heterocycles.